The largest absolute Gasteiger partial charge is 0.295 e. The third-order valence-corrected chi connectivity index (χ3v) is 12.3. The molecule has 3 aliphatic rings. The maximum atomic E-state index is 5.37. The summed E-state index contributed by atoms with van der Waals surface area (Å²) in [5.74, 6) is 1.07. The molecule has 0 radical (unpaired) electrons. The van der Waals surface area contributed by atoms with Crippen molar-refractivity contribution >= 4 is 40.3 Å². The van der Waals surface area contributed by atoms with Crippen molar-refractivity contribution in [3.05, 3.63) is 125 Å². The summed E-state index contributed by atoms with van der Waals surface area (Å²) in [4.78, 5) is 7.91. The van der Waals surface area contributed by atoms with Crippen LogP contribution in [0.5, 0.6) is 0 Å². The average Bonchev–Trinajstić information content (AvgIpc) is 3.23. The first-order valence-corrected chi connectivity index (χ1v) is 18.6. The maximum absolute atomic E-state index is 5.37. The van der Waals surface area contributed by atoms with E-state index in [0.717, 1.165) is 12.2 Å². The number of pyridine rings is 1. The van der Waals surface area contributed by atoms with Gasteiger partial charge in [0.15, 0.2) is 0 Å². The molecule has 0 bridgehead atoms. The highest BCUT2D eigenvalue weighted by Gasteiger charge is 2.48. The van der Waals surface area contributed by atoms with Crippen LogP contribution in [0.4, 0.5) is 17.2 Å². The van der Waals surface area contributed by atoms with Crippen LogP contribution in [0.2, 0.25) is 0 Å². The van der Waals surface area contributed by atoms with Crippen LogP contribution in [0.1, 0.15) is 123 Å². The third kappa shape index (κ3) is 4.79. The summed E-state index contributed by atoms with van der Waals surface area (Å²) in [5, 5.41) is 0. The minimum Gasteiger partial charge on any atom is -0.295 e. The Kier molecular flexibility index (Phi) is 6.92. The molecule has 0 atom stereocenters. The number of nitrogens with zero attached hydrogens (tertiary/aromatic N) is 2. The Morgan fingerprint density at radius 3 is 1.84 bits per heavy atom. The van der Waals surface area contributed by atoms with Gasteiger partial charge in [-0.2, -0.15) is 0 Å². The predicted molar refractivity (Wildman–Crippen MR) is 216 cm³/mol. The van der Waals surface area contributed by atoms with Crippen molar-refractivity contribution in [2.45, 2.75) is 117 Å². The van der Waals surface area contributed by atoms with Gasteiger partial charge in [-0.15, -0.1) is 0 Å². The van der Waals surface area contributed by atoms with Crippen molar-refractivity contribution < 1.29 is 0 Å². The highest BCUT2D eigenvalue weighted by molar-refractivity contribution is 6.99. The lowest BCUT2D eigenvalue weighted by molar-refractivity contribution is 0.403. The number of hydrogen-bond acceptors (Lipinski definition) is 2. The van der Waals surface area contributed by atoms with E-state index in [1.165, 1.54) is 72.3 Å². The van der Waals surface area contributed by atoms with E-state index in [1.54, 1.807) is 0 Å². The van der Waals surface area contributed by atoms with E-state index < -0.39 is 0 Å². The Morgan fingerprint density at radius 2 is 1.20 bits per heavy atom. The van der Waals surface area contributed by atoms with Gasteiger partial charge < -0.3 is 0 Å². The van der Waals surface area contributed by atoms with Gasteiger partial charge in [0.25, 0.3) is 0 Å². The van der Waals surface area contributed by atoms with Crippen molar-refractivity contribution in [1.82, 2.24) is 4.98 Å². The van der Waals surface area contributed by atoms with Gasteiger partial charge in [-0.25, -0.2) is 4.98 Å². The third-order valence-electron chi connectivity index (χ3n) is 12.3. The lowest BCUT2D eigenvalue weighted by Gasteiger charge is -2.45. The molecule has 1 aromatic heterocycles. The second-order valence-electron chi connectivity index (χ2n) is 19.3. The lowest BCUT2D eigenvalue weighted by atomic mass is 9.30. The Balaban J connectivity index is 1.50. The van der Waals surface area contributed by atoms with Gasteiger partial charge in [0.05, 0.1) is 5.69 Å². The Bertz CT molecular complexity index is 2190. The van der Waals surface area contributed by atoms with E-state index >= 15 is 0 Å². The quantitative estimate of drug-likeness (QED) is 0.173. The molecule has 0 spiro atoms. The number of anilines is 3. The second kappa shape index (κ2) is 10.5. The van der Waals surface area contributed by atoms with Crippen LogP contribution in [-0.4, -0.2) is 11.7 Å². The lowest BCUT2D eigenvalue weighted by Crippen LogP contribution is -2.64. The van der Waals surface area contributed by atoms with E-state index in [1.807, 2.05) is 0 Å². The van der Waals surface area contributed by atoms with E-state index in [2.05, 4.69) is 179 Å². The molecule has 0 N–H and O–H groups in total. The van der Waals surface area contributed by atoms with E-state index in [4.69, 9.17) is 4.98 Å². The number of rotatable bonds is 2. The first-order valence-electron chi connectivity index (χ1n) is 18.6. The highest BCUT2D eigenvalue weighted by Crippen LogP contribution is 2.54. The fourth-order valence-corrected chi connectivity index (χ4v) is 9.78. The molecular formula is C47H53BN2. The van der Waals surface area contributed by atoms with Crippen LogP contribution in [0.25, 0.3) is 11.1 Å². The molecule has 2 nitrogen and oxygen atoms in total. The molecule has 0 unspecified atom stereocenters. The summed E-state index contributed by atoms with van der Waals surface area (Å²) in [7, 11) is 0. The number of fused-ring (bicyclic) bond motifs is 5. The second-order valence-corrected chi connectivity index (χ2v) is 19.3. The van der Waals surface area contributed by atoms with E-state index in [-0.39, 0.29) is 33.8 Å². The van der Waals surface area contributed by atoms with Crippen molar-refractivity contribution in [3.63, 3.8) is 0 Å². The summed E-state index contributed by atoms with van der Waals surface area (Å²) in [6, 6.07) is 33.0. The SMILES string of the molecule is CC(C)(C)c1ccc2c(c1)B1c3cc(C(C)(C)C)ccc3C(C)(C)c3ccnc(c31)N2c1cc2c(cc1-c1ccccc1)C(C)(C)CC2(C)C. The van der Waals surface area contributed by atoms with E-state index in [9.17, 15) is 0 Å². The van der Waals surface area contributed by atoms with E-state index in [0.29, 0.717) is 0 Å². The number of hydrogen-bond donors (Lipinski definition) is 0. The monoisotopic (exact) mass is 656 g/mol. The van der Waals surface area contributed by atoms with Gasteiger partial charge in [-0.05, 0) is 102 Å². The van der Waals surface area contributed by atoms with Crippen LogP contribution < -0.4 is 21.3 Å². The van der Waals surface area contributed by atoms with Gasteiger partial charge in [0.2, 0.25) is 6.71 Å². The van der Waals surface area contributed by atoms with Gasteiger partial charge in [0, 0.05) is 22.9 Å². The zero-order chi connectivity index (χ0) is 35.8. The molecule has 4 aromatic carbocycles. The summed E-state index contributed by atoms with van der Waals surface area (Å²) in [6.07, 6.45) is 3.19. The molecular weight excluding hydrogens is 603 g/mol. The molecule has 5 aromatic rings. The summed E-state index contributed by atoms with van der Waals surface area (Å²) in [6.45, 7) is 28.6. The van der Waals surface area contributed by atoms with Crippen LogP contribution in [0.15, 0.2) is 91.1 Å². The topological polar surface area (TPSA) is 16.1 Å². The van der Waals surface area contributed by atoms with Crippen LogP contribution in [0, 0.1) is 0 Å². The van der Waals surface area contributed by atoms with Crippen LogP contribution in [0.3, 0.4) is 0 Å². The highest BCUT2D eigenvalue weighted by atomic mass is 15.2. The Labute approximate surface area is 301 Å². The molecule has 0 fully saturated rings. The molecule has 254 valence electrons. The summed E-state index contributed by atoms with van der Waals surface area (Å²) in [5.41, 5.74) is 17.6. The van der Waals surface area contributed by atoms with Crippen molar-refractivity contribution in [3.8, 4) is 11.1 Å². The van der Waals surface area contributed by atoms with Crippen molar-refractivity contribution in [2.75, 3.05) is 4.90 Å². The molecule has 0 saturated heterocycles. The zero-order valence-electron chi connectivity index (χ0n) is 32.3. The maximum Gasteiger partial charge on any atom is 0.249 e. The van der Waals surface area contributed by atoms with Gasteiger partial charge in [-0.1, -0.05) is 149 Å². The molecule has 2 aliphatic heterocycles. The fourth-order valence-electron chi connectivity index (χ4n) is 9.78. The molecule has 50 heavy (non-hydrogen) atoms. The molecule has 0 saturated carbocycles. The minimum atomic E-state index is -0.174. The van der Waals surface area contributed by atoms with Gasteiger partial charge in [0.1, 0.15) is 5.82 Å². The Hall–Kier alpha value is -4.11. The first kappa shape index (κ1) is 33.1. The smallest absolute Gasteiger partial charge is 0.249 e. The minimum absolute atomic E-state index is 0.0142. The summed E-state index contributed by atoms with van der Waals surface area (Å²) < 4.78 is 0. The summed E-state index contributed by atoms with van der Waals surface area (Å²) >= 11 is 0. The Morgan fingerprint density at radius 1 is 0.600 bits per heavy atom. The van der Waals surface area contributed by atoms with Crippen LogP contribution in [-0.2, 0) is 27.1 Å². The normalized spacial score (nSPS) is 17.9. The van der Waals surface area contributed by atoms with Crippen LogP contribution >= 0.6 is 0 Å². The molecule has 1 aliphatic carbocycles. The average molecular weight is 657 g/mol. The molecule has 3 heteroatoms. The molecule has 3 heterocycles. The molecule has 0 amide bonds. The van der Waals surface area contributed by atoms with Crippen molar-refractivity contribution in [2.24, 2.45) is 0 Å². The molecule has 8 rings (SSSR count). The first-order chi connectivity index (χ1) is 23.3. The standard InChI is InChI=1S/C47H53BN2/c1-43(2,3)30-18-20-33-37(24-30)48-38-25-31(44(4,5)6)19-21-39(38)50(42-41(48)34(22-23-49-42)47(33,11)12)40-27-36-35(45(7,8)28-46(36,9)10)26-32(40)29-16-14-13-15-17-29/h13-27H,28H2,1-12H3. The number of benzene rings is 4. The zero-order valence-corrected chi connectivity index (χ0v) is 32.3. The van der Waals surface area contributed by atoms with Gasteiger partial charge in [-0.3, -0.25) is 4.90 Å². The van der Waals surface area contributed by atoms with Crippen molar-refractivity contribution in [1.29, 1.82) is 0 Å². The fraction of sp³-hybridized carbons (Fsp3) is 0.383. The predicted octanol–water partition coefficient (Wildman–Crippen LogP) is 10.2. The number of aromatic nitrogens is 1. The van der Waals surface area contributed by atoms with Gasteiger partial charge >= 0.3 is 0 Å².